The third-order valence-corrected chi connectivity index (χ3v) is 4.10. The normalized spacial score (nSPS) is 30.9. The molecule has 4 atom stereocenters. The lowest BCUT2D eigenvalue weighted by molar-refractivity contribution is -0.142. The van der Waals surface area contributed by atoms with Gasteiger partial charge in [-0.05, 0) is 11.6 Å². The fourth-order valence-corrected chi connectivity index (χ4v) is 2.71. The van der Waals surface area contributed by atoms with Crippen molar-refractivity contribution in [3.05, 3.63) is 40.9 Å². The molecule has 0 aliphatic carbocycles. The zero-order chi connectivity index (χ0) is 15.4. The van der Waals surface area contributed by atoms with E-state index in [4.69, 9.17) is 11.6 Å². The van der Waals surface area contributed by atoms with Gasteiger partial charge >= 0.3 is 0 Å². The monoisotopic (exact) mass is 313 g/mol. The quantitative estimate of drug-likeness (QED) is 0.634. The molecule has 1 saturated heterocycles. The summed E-state index contributed by atoms with van der Waals surface area (Å²) in [5.41, 5.74) is 0.873. The van der Waals surface area contributed by atoms with Crippen LogP contribution in [0.15, 0.2) is 30.3 Å². The van der Waals surface area contributed by atoms with Gasteiger partial charge in [-0.1, -0.05) is 42.0 Å². The molecule has 0 unspecified atom stereocenters. The van der Waals surface area contributed by atoms with Gasteiger partial charge in [0.15, 0.2) is 0 Å². The zero-order valence-corrected chi connectivity index (χ0v) is 12.3. The maximum Gasteiger partial charge on any atom is 0.109 e. The Morgan fingerprint density at radius 1 is 1.19 bits per heavy atom. The summed E-state index contributed by atoms with van der Waals surface area (Å²) in [4.78, 5) is 1.73. The number of likely N-dealkylation sites (tertiary alicyclic amines) is 1. The summed E-state index contributed by atoms with van der Waals surface area (Å²) >= 11 is 6.05. The van der Waals surface area contributed by atoms with E-state index in [2.05, 4.69) is 0 Å². The van der Waals surface area contributed by atoms with Crippen LogP contribution in [-0.2, 0) is 0 Å². The summed E-state index contributed by atoms with van der Waals surface area (Å²) in [7, 11) is 0. The zero-order valence-electron chi connectivity index (χ0n) is 11.5. The third kappa shape index (κ3) is 3.83. The van der Waals surface area contributed by atoms with Gasteiger partial charge in [0, 0.05) is 18.1 Å². The lowest BCUT2D eigenvalue weighted by Gasteiger charge is -2.42. The first-order valence-electron chi connectivity index (χ1n) is 6.84. The molecule has 5 nitrogen and oxygen atoms in total. The first kappa shape index (κ1) is 16.4. The predicted octanol–water partition coefficient (Wildman–Crippen LogP) is 0.112. The topological polar surface area (TPSA) is 84.2 Å². The van der Waals surface area contributed by atoms with Crippen molar-refractivity contribution in [2.45, 2.75) is 24.4 Å². The first-order valence-corrected chi connectivity index (χ1v) is 7.22. The van der Waals surface area contributed by atoms with Gasteiger partial charge in [-0.25, -0.2) is 0 Å². The number of β-amino-alcohol motifs (C(OH)–C–C–N with tert-alkyl or cyclic N) is 1. The average Bonchev–Trinajstić information content (AvgIpc) is 2.47. The number of nitrogens with zero attached hydrogens (tertiary/aromatic N) is 1. The second-order valence-corrected chi connectivity index (χ2v) is 5.58. The fourth-order valence-electron chi connectivity index (χ4n) is 2.51. The molecule has 6 heteroatoms. The lowest BCUT2D eigenvalue weighted by Crippen LogP contribution is -2.62. The molecule has 0 bridgehead atoms. The van der Waals surface area contributed by atoms with Gasteiger partial charge in [0.05, 0.1) is 18.8 Å². The van der Waals surface area contributed by atoms with E-state index in [1.807, 2.05) is 30.4 Å². The molecule has 1 fully saturated rings. The van der Waals surface area contributed by atoms with Crippen molar-refractivity contribution in [1.82, 2.24) is 4.90 Å². The molecule has 0 radical (unpaired) electrons. The molecular weight excluding hydrogens is 294 g/mol. The van der Waals surface area contributed by atoms with Crippen LogP contribution in [0.25, 0.3) is 6.08 Å². The number of piperidine rings is 1. The van der Waals surface area contributed by atoms with E-state index in [-0.39, 0.29) is 13.2 Å². The molecular formula is C15H20ClNO4. The van der Waals surface area contributed by atoms with E-state index < -0.39 is 24.4 Å². The smallest absolute Gasteiger partial charge is 0.109 e. The van der Waals surface area contributed by atoms with E-state index in [9.17, 15) is 20.4 Å². The average molecular weight is 314 g/mol. The van der Waals surface area contributed by atoms with Crippen LogP contribution in [0.2, 0.25) is 5.02 Å². The molecule has 21 heavy (non-hydrogen) atoms. The van der Waals surface area contributed by atoms with Gasteiger partial charge in [-0.3, -0.25) is 4.90 Å². The van der Waals surface area contributed by atoms with Gasteiger partial charge in [0.1, 0.15) is 12.2 Å². The number of aliphatic hydroxyl groups is 4. The van der Waals surface area contributed by atoms with Crippen molar-refractivity contribution in [2.24, 2.45) is 0 Å². The standard InChI is InChI=1S/C15H20ClNO4/c16-11-6-2-1-4-10(11)5-3-7-17-8-13(19)15(21)14(20)12(17)9-18/h1-6,12-15,18-21H,7-9H2/b5-3+/t12-,13+,14-,15-/m1/s1. The van der Waals surface area contributed by atoms with Crippen LogP contribution in [0.4, 0.5) is 0 Å². The summed E-state index contributed by atoms with van der Waals surface area (Å²) < 4.78 is 0. The maximum atomic E-state index is 9.88. The Bertz CT molecular complexity index is 496. The van der Waals surface area contributed by atoms with E-state index in [0.29, 0.717) is 11.6 Å². The number of benzene rings is 1. The molecule has 0 aromatic heterocycles. The van der Waals surface area contributed by atoms with Gasteiger partial charge in [0.25, 0.3) is 0 Å². The largest absolute Gasteiger partial charge is 0.395 e. The summed E-state index contributed by atoms with van der Waals surface area (Å²) in [5, 5.41) is 39.2. The van der Waals surface area contributed by atoms with Crippen molar-refractivity contribution in [1.29, 1.82) is 0 Å². The summed E-state index contributed by atoms with van der Waals surface area (Å²) in [6, 6.07) is 6.81. The van der Waals surface area contributed by atoms with E-state index in [1.54, 1.807) is 11.0 Å². The molecule has 1 aliphatic heterocycles. The third-order valence-electron chi connectivity index (χ3n) is 3.76. The molecule has 0 amide bonds. The number of hydrogen-bond acceptors (Lipinski definition) is 5. The Labute approximate surface area is 128 Å². The maximum absolute atomic E-state index is 9.88. The van der Waals surface area contributed by atoms with Crippen molar-refractivity contribution in [3.8, 4) is 0 Å². The fraction of sp³-hybridized carbons (Fsp3) is 0.467. The summed E-state index contributed by atoms with van der Waals surface area (Å²) in [5.74, 6) is 0. The van der Waals surface area contributed by atoms with Crippen molar-refractivity contribution < 1.29 is 20.4 Å². The Kier molecular flexibility index (Phi) is 5.75. The van der Waals surface area contributed by atoms with Gasteiger partial charge in [-0.15, -0.1) is 0 Å². The highest BCUT2D eigenvalue weighted by molar-refractivity contribution is 6.32. The van der Waals surface area contributed by atoms with Crippen molar-refractivity contribution >= 4 is 17.7 Å². The number of halogens is 1. The molecule has 0 spiro atoms. The molecule has 2 rings (SSSR count). The Balaban J connectivity index is 2.03. The Morgan fingerprint density at radius 2 is 1.90 bits per heavy atom. The molecule has 116 valence electrons. The minimum absolute atomic E-state index is 0.191. The van der Waals surface area contributed by atoms with Crippen LogP contribution in [-0.4, -0.2) is 69.4 Å². The van der Waals surface area contributed by atoms with Crippen LogP contribution in [0.1, 0.15) is 5.56 Å². The van der Waals surface area contributed by atoms with Crippen molar-refractivity contribution in [3.63, 3.8) is 0 Å². The number of rotatable bonds is 4. The molecule has 0 saturated carbocycles. The van der Waals surface area contributed by atoms with Crippen LogP contribution in [0.5, 0.6) is 0 Å². The van der Waals surface area contributed by atoms with Crippen LogP contribution < -0.4 is 0 Å². The van der Waals surface area contributed by atoms with Crippen LogP contribution >= 0.6 is 11.6 Å². The SMILES string of the molecule is OC[C@@H]1[C@@H](O)[C@H](O)[C@@H](O)CN1C/C=C/c1ccccc1Cl. The predicted molar refractivity (Wildman–Crippen MR) is 81.0 cm³/mol. The van der Waals surface area contributed by atoms with Gasteiger partial charge in [-0.2, -0.15) is 0 Å². The van der Waals surface area contributed by atoms with Crippen LogP contribution in [0.3, 0.4) is 0 Å². The highest BCUT2D eigenvalue weighted by Crippen LogP contribution is 2.20. The molecule has 4 N–H and O–H groups in total. The van der Waals surface area contributed by atoms with E-state index >= 15 is 0 Å². The Morgan fingerprint density at radius 3 is 2.57 bits per heavy atom. The minimum Gasteiger partial charge on any atom is -0.395 e. The second kappa shape index (κ2) is 7.35. The highest BCUT2D eigenvalue weighted by Gasteiger charge is 2.40. The molecule has 1 aromatic rings. The number of hydrogen-bond donors (Lipinski definition) is 4. The molecule has 1 aliphatic rings. The molecule has 1 aromatic carbocycles. The minimum atomic E-state index is -1.23. The second-order valence-electron chi connectivity index (χ2n) is 5.18. The van der Waals surface area contributed by atoms with Gasteiger partial charge < -0.3 is 20.4 Å². The summed E-state index contributed by atoms with van der Waals surface area (Å²) in [6.07, 6.45) is 0.261. The van der Waals surface area contributed by atoms with E-state index in [1.165, 1.54) is 0 Å². The van der Waals surface area contributed by atoms with Gasteiger partial charge in [0.2, 0.25) is 0 Å². The molecule has 1 heterocycles. The van der Waals surface area contributed by atoms with Crippen molar-refractivity contribution in [2.75, 3.05) is 19.7 Å². The van der Waals surface area contributed by atoms with E-state index in [0.717, 1.165) is 5.56 Å². The lowest BCUT2D eigenvalue weighted by atomic mass is 9.94. The van der Waals surface area contributed by atoms with Crippen LogP contribution in [0, 0.1) is 0 Å². The Hall–Kier alpha value is -0.950. The summed E-state index contributed by atoms with van der Waals surface area (Å²) in [6.45, 7) is 0.332. The highest BCUT2D eigenvalue weighted by atomic mass is 35.5. The number of aliphatic hydroxyl groups excluding tert-OH is 4. The first-order chi connectivity index (χ1) is 10.0.